The average molecular weight is 482 g/mol. The van der Waals surface area contributed by atoms with Crippen molar-refractivity contribution >= 4 is 45.1 Å². The predicted molar refractivity (Wildman–Crippen MR) is 112 cm³/mol. The van der Waals surface area contributed by atoms with Crippen molar-refractivity contribution in [3.63, 3.8) is 0 Å². The van der Waals surface area contributed by atoms with Crippen LogP contribution in [0.5, 0.6) is 5.75 Å². The van der Waals surface area contributed by atoms with Crippen LogP contribution in [-0.2, 0) is 11.2 Å². The van der Waals surface area contributed by atoms with E-state index in [0.29, 0.717) is 27.8 Å². The highest BCUT2D eigenvalue weighted by Crippen LogP contribution is 2.44. The van der Waals surface area contributed by atoms with E-state index in [4.69, 9.17) is 32.7 Å². The van der Waals surface area contributed by atoms with Crippen LogP contribution in [0.3, 0.4) is 0 Å². The first-order chi connectivity index (χ1) is 13.4. The van der Waals surface area contributed by atoms with Gasteiger partial charge in [-0.1, -0.05) is 23.2 Å². The summed E-state index contributed by atoms with van der Waals surface area (Å²) in [5.41, 5.74) is 4.59. The molecular formula is C20H15BrCl2N2O3. The quantitative estimate of drug-likeness (QED) is 0.351. The molecule has 0 N–H and O–H groups in total. The van der Waals surface area contributed by atoms with Crippen LogP contribution in [-0.4, -0.2) is 29.5 Å². The van der Waals surface area contributed by atoms with Crippen LogP contribution in [0.1, 0.15) is 28.5 Å². The number of aromatic nitrogens is 2. The van der Waals surface area contributed by atoms with Crippen molar-refractivity contribution in [2.24, 2.45) is 0 Å². The molecule has 5 nitrogen and oxygen atoms in total. The van der Waals surface area contributed by atoms with Crippen molar-refractivity contribution < 1.29 is 14.3 Å². The minimum atomic E-state index is -0.454. The van der Waals surface area contributed by atoms with Crippen molar-refractivity contribution in [1.29, 1.82) is 0 Å². The molecule has 0 aliphatic heterocycles. The lowest BCUT2D eigenvalue weighted by atomic mass is 10.1. The third-order valence-electron chi connectivity index (χ3n) is 4.54. The van der Waals surface area contributed by atoms with Crippen molar-refractivity contribution in [2.45, 2.75) is 13.3 Å². The van der Waals surface area contributed by atoms with E-state index in [-0.39, 0.29) is 6.61 Å². The molecule has 8 heteroatoms. The Labute approximate surface area is 180 Å². The number of carbonyl (C=O) groups excluding carboxylic acids is 1. The van der Waals surface area contributed by atoms with Gasteiger partial charge in [-0.25, -0.2) is 9.48 Å². The molecule has 0 saturated carbocycles. The molecule has 0 amide bonds. The summed E-state index contributed by atoms with van der Waals surface area (Å²) in [7, 11) is 1.62. The Morgan fingerprint density at radius 3 is 2.57 bits per heavy atom. The van der Waals surface area contributed by atoms with Gasteiger partial charge < -0.3 is 9.47 Å². The molecule has 0 atom stereocenters. The van der Waals surface area contributed by atoms with Crippen LogP contribution in [0.25, 0.3) is 16.9 Å². The maximum Gasteiger partial charge on any atom is 0.359 e. The Balaban J connectivity index is 1.97. The summed E-state index contributed by atoms with van der Waals surface area (Å²) < 4.78 is 13.1. The van der Waals surface area contributed by atoms with Crippen molar-refractivity contribution in [2.75, 3.05) is 13.7 Å². The largest absolute Gasteiger partial charge is 0.496 e. The number of halogens is 3. The molecule has 144 valence electrons. The van der Waals surface area contributed by atoms with Crippen LogP contribution >= 0.6 is 39.1 Å². The van der Waals surface area contributed by atoms with Gasteiger partial charge in [0.15, 0.2) is 5.69 Å². The normalized spacial score (nSPS) is 11.9. The van der Waals surface area contributed by atoms with Gasteiger partial charge in [0.2, 0.25) is 0 Å². The fourth-order valence-corrected chi connectivity index (χ4v) is 4.44. The minimum absolute atomic E-state index is 0.274. The number of hydrogen-bond donors (Lipinski definition) is 0. The Morgan fingerprint density at radius 2 is 1.93 bits per heavy atom. The lowest BCUT2D eigenvalue weighted by molar-refractivity contribution is 0.0518. The van der Waals surface area contributed by atoms with Gasteiger partial charge in [0.1, 0.15) is 5.75 Å². The number of carbonyl (C=O) groups is 1. The van der Waals surface area contributed by atoms with E-state index in [1.54, 1.807) is 36.9 Å². The smallest absolute Gasteiger partial charge is 0.359 e. The second kappa shape index (κ2) is 7.43. The van der Waals surface area contributed by atoms with E-state index in [0.717, 1.165) is 32.6 Å². The third kappa shape index (κ3) is 3.19. The topological polar surface area (TPSA) is 53.3 Å². The monoisotopic (exact) mass is 480 g/mol. The zero-order chi connectivity index (χ0) is 20.0. The van der Waals surface area contributed by atoms with Crippen LogP contribution in [0.2, 0.25) is 10.0 Å². The Morgan fingerprint density at radius 1 is 1.21 bits per heavy atom. The van der Waals surface area contributed by atoms with Gasteiger partial charge in [-0.2, -0.15) is 5.10 Å². The third-order valence-corrected chi connectivity index (χ3v) is 5.60. The number of hydrogen-bond acceptors (Lipinski definition) is 4. The zero-order valence-corrected chi connectivity index (χ0v) is 18.2. The summed E-state index contributed by atoms with van der Waals surface area (Å²) in [4.78, 5) is 12.5. The Hall–Kier alpha value is -2.02. The summed E-state index contributed by atoms with van der Waals surface area (Å²) in [6, 6.07) is 9.10. The molecule has 1 heterocycles. The van der Waals surface area contributed by atoms with E-state index >= 15 is 0 Å². The number of esters is 1. The number of nitrogens with zero attached hydrogens (tertiary/aromatic N) is 2. The maximum atomic E-state index is 12.5. The molecule has 0 fully saturated rings. The van der Waals surface area contributed by atoms with Crippen LogP contribution in [0.4, 0.5) is 0 Å². The van der Waals surface area contributed by atoms with Gasteiger partial charge in [0.25, 0.3) is 0 Å². The predicted octanol–water partition coefficient (Wildman–Crippen LogP) is 5.70. The molecule has 4 rings (SSSR count). The summed E-state index contributed by atoms with van der Waals surface area (Å²) in [6.07, 6.45) is 0.552. The average Bonchev–Trinajstić information content (AvgIpc) is 3.17. The van der Waals surface area contributed by atoms with Crippen molar-refractivity contribution in [3.05, 3.63) is 61.7 Å². The molecule has 3 aromatic rings. The number of rotatable bonds is 4. The fourth-order valence-electron chi connectivity index (χ4n) is 3.42. The fraction of sp³-hybridized carbons (Fsp3) is 0.200. The first kappa shape index (κ1) is 19.3. The molecule has 28 heavy (non-hydrogen) atoms. The Bertz CT molecular complexity index is 1090. The van der Waals surface area contributed by atoms with Crippen LogP contribution in [0, 0.1) is 0 Å². The molecule has 1 aliphatic rings. The molecule has 2 aromatic carbocycles. The second-order valence-corrected chi connectivity index (χ2v) is 7.98. The zero-order valence-electron chi connectivity index (χ0n) is 15.1. The number of methoxy groups -OCH3 is 1. The van der Waals surface area contributed by atoms with Gasteiger partial charge in [-0.15, -0.1) is 0 Å². The molecule has 0 unspecified atom stereocenters. The van der Waals surface area contributed by atoms with Crippen LogP contribution < -0.4 is 4.74 Å². The van der Waals surface area contributed by atoms with Gasteiger partial charge in [0, 0.05) is 27.6 Å². The van der Waals surface area contributed by atoms with E-state index < -0.39 is 5.97 Å². The highest BCUT2D eigenvalue weighted by molar-refractivity contribution is 9.10. The first-order valence-corrected chi connectivity index (χ1v) is 10.1. The molecule has 1 aromatic heterocycles. The van der Waals surface area contributed by atoms with E-state index in [1.807, 2.05) is 12.1 Å². The Kier molecular flexibility index (Phi) is 5.12. The van der Waals surface area contributed by atoms with Gasteiger partial charge in [-0.05, 0) is 58.7 Å². The summed E-state index contributed by atoms with van der Waals surface area (Å²) in [5.74, 6) is 0.274. The number of ether oxygens (including phenoxy) is 2. The van der Waals surface area contributed by atoms with Gasteiger partial charge in [0.05, 0.1) is 29.6 Å². The van der Waals surface area contributed by atoms with Gasteiger partial charge in [-0.3, -0.25) is 0 Å². The highest BCUT2D eigenvalue weighted by Gasteiger charge is 2.32. The lowest BCUT2D eigenvalue weighted by Gasteiger charge is -2.11. The molecule has 0 radical (unpaired) electrons. The lowest BCUT2D eigenvalue weighted by Crippen LogP contribution is -2.09. The van der Waals surface area contributed by atoms with Crippen molar-refractivity contribution in [3.8, 4) is 22.7 Å². The minimum Gasteiger partial charge on any atom is -0.496 e. The number of fused-ring (bicyclic) bond motifs is 3. The van der Waals surface area contributed by atoms with Crippen LogP contribution in [0.15, 0.2) is 34.8 Å². The number of benzene rings is 2. The van der Waals surface area contributed by atoms with E-state index in [1.165, 1.54) is 0 Å². The van der Waals surface area contributed by atoms with Gasteiger partial charge >= 0.3 is 5.97 Å². The molecule has 1 aliphatic carbocycles. The molecule has 0 bridgehead atoms. The standard InChI is InChI=1S/C20H15BrCl2N2O3/c1-3-28-20(26)18-15-4-10-5-17(27-2)16(21)9-14(10)19(15)25(24-18)13-7-11(22)6-12(23)8-13/h5-9H,3-4H2,1-2H3. The second-order valence-electron chi connectivity index (χ2n) is 6.26. The summed E-state index contributed by atoms with van der Waals surface area (Å²) >= 11 is 15.9. The summed E-state index contributed by atoms with van der Waals surface area (Å²) in [5, 5.41) is 5.52. The molecule has 0 spiro atoms. The van der Waals surface area contributed by atoms with E-state index in [2.05, 4.69) is 21.0 Å². The van der Waals surface area contributed by atoms with E-state index in [9.17, 15) is 4.79 Å². The summed E-state index contributed by atoms with van der Waals surface area (Å²) in [6.45, 7) is 2.04. The molecular weight excluding hydrogens is 467 g/mol. The van der Waals surface area contributed by atoms with Crippen molar-refractivity contribution in [1.82, 2.24) is 9.78 Å². The molecule has 0 saturated heterocycles. The maximum absolute atomic E-state index is 12.5. The highest BCUT2D eigenvalue weighted by atomic mass is 79.9. The first-order valence-electron chi connectivity index (χ1n) is 8.55. The SMILES string of the molecule is CCOC(=O)c1nn(-c2cc(Cl)cc(Cl)c2)c2c1Cc1cc(OC)c(Br)cc1-2.